The summed E-state index contributed by atoms with van der Waals surface area (Å²) in [6, 6.07) is 7.01. The van der Waals surface area contributed by atoms with E-state index in [9.17, 15) is 14.4 Å². The van der Waals surface area contributed by atoms with Crippen molar-refractivity contribution in [3.63, 3.8) is 0 Å². The summed E-state index contributed by atoms with van der Waals surface area (Å²) in [6.45, 7) is -0.561. The lowest BCUT2D eigenvalue weighted by molar-refractivity contribution is -0.149. The van der Waals surface area contributed by atoms with Gasteiger partial charge in [-0.05, 0) is 24.1 Å². The molecule has 1 aromatic rings. The van der Waals surface area contributed by atoms with Crippen molar-refractivity contribution in [2.24, 2.45) is 5.92 Å². The molecule has 19 heavy (non-hydrogen) atoms. The summed E-state index contributed by atoms with van der Waals surface area (Å²) in [5.74, 6) is -2.50. The number of hydrogen-bond acceptors (Lipinski definition) is 3. The molecule has 6 heteroatoms. The standard InChI is InChI=1S/C13H12ClNO4/c14-10-3-1-8(2-4-10)5-9-6-11(16)15(13(9)19)7-12(17)18/h1-4,9H,5-7H2,(H,17,18)/t9-/m1/s1. The molecular weight excluding hydrogens is 270 g/mol. The van der Waals surface area contributed by atoms with Crippen LogP contribution in [0.2, 0.25) is 5.02 Å². The summed E-state index contributed by atoms with van der Waals surface area (Å²) >= 11 is 5.77. The minimum atomic E-state index is -1.19. The minimum Gasteiger partial charge on any atom is -0.480 e. The maximum atomic E-state index is 11.9. The molecule has 1 heterocycles. The van der Waals surface area contributed by atoms with Crippen LogP contribution in [0.25, 0.3) is 0 Å². The van der Waals surface area contributed by atoms with E-state index in [1.165, 1.54) is 0 Å². The van der Waals surface area contributed by atoms with Crippen molar-refractivity contribution >= 4 is 29.4 Å². The molecule has 1 atom stereocenters. The number of carbonyl (C=O) groups is 3. The maximum Gasteiger partial charge on any atom is 0.323 e. The Labute approximate surface area is 114 Å². The Kier molecular flexibility index (Phi) is 3.85. The molecule has 5 nitrogen and oxygen atoms in total. The number of carboxylic acid groups (broad SMARTS) is 1. The van der Waals surface area contributed by atoms with E-state index in [4.69, 9.17) is 16.7 Å². The van der Waals surface area contributed by atoms with Gasteiger partial charge in [0.2, 0.25) is 11.8 Å². The third-order valence-electron chi connectivity index (χ3n) is 3.03. The van der Waals surface area contributed by atoms with Crippen LogP contribution in [0, 0.1) is 5.92 Å². The van der Waals surface area contributed by atoms with Crippen LogP contribution in [0.1, 0.15) is 12.0 Å². The Hall–Kier alpha value is -1.88. The summed E-state index contributed by atoms with van der Waals surface area (Å²) < 4.78 is 0. The Morgan fingerprint density at radius 2 is 1.95 bits per heavy atom. The summed E-state index contributed by atoms with van der Waals surface area (Å²) in [4.78, 5) is 34.9. The van der Waals surface area contributed by atoms with Crippen molar-refractivity contribution in [1.29, 1.82) is 0 Å². The van der Waals surface area contributed by atoms with Crippen molar-refractivity contribution < 1.29 is 19.5 Å². The lowest BCUT2D eigenvalue weighted by Gasteiger charge is -2.12. The van der Waals surface area contributed by atoms with Crippen LogP contribution in [0.4, 0.5) is 0 Å². The third kappa shape index (κ3) is 3.12. The van der Waals surface area contributed by atoms with Crippen LogP contribution >= 0.6 is 11.6 Å². The van der Waals surface area contributed by atoms with Crippen LogP contribution in [0.3, 0.4) is 0 Å². The molecule has 1 aromatic carbocycles. The maximum absolute atomic E-state index is 11.9. The minimum absolute atomic E-state index is 0.0642. The first kappa shape index (κ1) is 13.5. The molecule has 1 saturated heterocycles. The summed E-state index contributed by atoms with van der Waals surface area (Å²) in [5, 5.41) is 9.26. The van der Waals surface area contributed by atoms with Gasteiger partial charge >= 0.3 is 5.97 Å². The highest BCUT2D eigenvalue weighted by Crippen LogP contribution is 2.24. The van der Waals surface area contributed by atoms with Gasteiger partial charge in [0.15, 0.2) is 0 Å². The number of benzene rings is 1. The highest BCUT2D eigenvalue weighted by molar-refractivity contribution is 6.30. The monoisotopic (exact) mass is 281 g/mol. The van der Waals surface area contributed by atoms with E-state index in [0.717, 1.165) is 10.5 Å². The van der Waals surface area contributed by atoms with Crippen molar-refractivity contribution in [2.45, 2.75) is 12.8 Å². The molecule has 0 spiro atoms. The molecule has 0 radical (unpaired) electrons. The number of carbonyl (C=O) groups excluding carboxylic acids is 2. The Bertz CT molecular complexity index is 526. The number of carboxylic acids is 1. The largest absolute Gasteiger partial charge is 0.480 e. The fourth-order valence-corrected chi connectivity index (χ4v) is 2.24. The van der Waals surface area contributed by atoms with E-state index in [0.29, 0.717) is 11.4 Å². The van der Waals surface area contributed by atoms with Gasteiger partial charge in [-0.15, -0.1) is 0 Å². The molecule has 0 unspecified atom stereocenters. The number of rotatable bonds is 4. The summed E-state index contributed by atoms with van der Waals surface area (Å²) in [7, 11) is 0. The van der Waals surface area contributed by atoms with Gasteiger partial charge in [-0.2, -0.15) is 0 Å². The van der Waals surface area contributed by atoms with Gasteiger partial charge in [0.05, 0.1) is 5.92 Å². The highest BCUT2D eigenvalue weighted by Gasteiger charge is 2.39. The van der Waals surface area contributed by atoms with Crippen LogP contribution in [-0.2, 0) is 20.8 Å². The normalized spacial score (nSPS) is 19.0. The van der Waals surface area contributed by atoms with Crippen LogP contribution in [0.15, 0.2) is 24.3 Å². The van der Waals surface area contributed by atoms with Gasteiger partial charge in [-0.3, -0.25) is 19.3 Å². The molecule has 2 rings (SSSR count). The molecule has 0 saturated carbocycles. The second-order valence-corrected chi connectivity index (χ2v) is 4.88. The summed E-state index contributed by atoms with van der Waals surface area (Å²) in [6.07, 6.45) is 0.479. The van der Waals surface area contributed by atoms with E-state index >= 15 is 0 Å². The first-order chi connectivity index (χ1) is 8.97. The van der Waals surface area contributed by atoms with Gasteiger partial charge in [-0.25, -0.2) is 0 Å². The second-order valence-electron chi connectivity index (χ2n) is 4.44. The molecule has 1 N–H and O–H groups in total. The van der Waals surface area contributed by atoms with Crippen LogP contribution in [-0.4, -0.2) is 34.3 Å². The molecule has 2 amide bonds. The number of hydrogen-bond donors (Lipinski definition) is 1. The number of nitrogens with zero attached hydrogens (tertiary/aromatic N) is 1. The first-order valence-electron chi connectivity index (χ1n) is 5.78. The molecule has 0 aliphatic carbocycles. The van der Waals surface area contributed by atoms with Gasteiger partial charge in [-0.1, -0.05) is 23.7 Å². The van der Waals surface area contributed by atoms with Crippen molar-refractivity contribution in [3.05, 3.63) is 34.9 Å². The lowest BCUT2D eigenvalue weighted by Crippen LogP contribution is -2.35. The van der Waals surface area contributed by atoms with Crippen molar-refractivity contribution in [1.82, 2.24) is 4.90 Å². The van der Waals surface area contributed by atoms with Gasteiger partial charge in [0.1, 0.15) is 6.54 Å². The van der Waals surface area contributed by atoms with E-state index in [1.54, 1.807) is 24.3 Å². The van der Waals surface area contributed by atoms with Crippen molar-refractivity contribution in [3.8, 4) is 0 Å². The first-order valence-corrected chi connectivity index (χ1v) is 6.15. The fourth-order valence-electron chi connectivity index (χ4n) is 2.12. The number of halogens is 1. The zero-order valence-corrected chi connectivity index (χ0v) is 10.8. The van der Waals surface area contributed by atoms with Gasteiger partial charge in [0, 0.05) is 11.4 Å². The number of imide groups is 1. The molecule has 1 aliphatic heterocycles. The Morgan fingerprint density at radius 3 is 2.53 bits per heavy atom. The molecule has 1 aliphatic rings. The van der Waals surface area contributed by atoms with E-state index in [-0.39, 0.29) is 6.42 Å². The Balaban J connectivity index is 2.06. The average Bonchev–Trinajstić information content (AvgIpc) is 2.60. The fraction of sp³-hybridized carbons (Fsp3) is 0.308. The molecule has 1 fully saturated rings. The van der Waals surface area contributed by atoms with Crippen molar-refractivity contribution in [2.75, 3.05) is 6.54 Å². The quantitative estimate of drug-likeness (QED) is 0.845. The number of amides is 2. The third-order valence-corrected chi connectivity index (χ3v) is 3.28. The smallest absolute Gasteiger partial charge is 0.323 e. The molecule has 100 valence electrons. The van der Waals surface area contributed by atoms with E-state index < -0.39 is 30.2 Å². The molecule has 0 bridgehead atoms. The second kappa shape index (κ2) is 5.40. The highest BCUT2D eigenvalue weighted by atomic mass is 35.5. The zero-order chi connectivity index (χ0) is 14.0. The average molecular weight is 282 g/mol. The van der Waals surface area contributed by atoms with Gasteiger partial charge in [0.25, 0.3) is 0 Å². The SMILES string of the molecule is O=C(O)CN1C(=O)C[C@@H](Cc2ccc(Cl)cc2)C1=O. The zero-order valence-electron chi connectivity index (χ0n) is 10.0. The van der Waals surface area contributed by atoms with E-state index in [1.807, 2.05) is 0 Å². The van der Waals surface area contributed by atoms with Crippen LogP contribution < -0.4 is 0 Å². The predicted octanol–water partition coefficient (Wildman–Crippen LogP) is 1.34. The van der Waals surface area contributed by atoms with Gasteiger partial charge < -0.3 is 5.11 Å². The lowest BCUT2D eigenvalue weighted by atomic mass is 9.98. The number of likely N-dealkylation sites (tertiary alicyclic amines) is 1. The predicted molar refractivity (Wildman–Crippen MR) is 67.6 cm³/mol. The van der Waals surface area contributed by atoms with Crippen LogP contribution in [0.5, 0.6) is 0 Å². The Morgan fingerprint density at radius 1 is 1.32 bits per heavy atom. The number of aliphatic carboxylic acids is 1. The molecule has 0 aromatic heterocycles. The molecular formula is C13H12ClNO4. The summed E-state index contributed by atoms with van der Waals surface area (Å²) in [5.41, 5.74) is 0.896. The topological polar surface area (TPSA) is 74.7 Å². The van der Waals surface area contributed by atoms with E-state index in [2.05, 4.69) is 0 Å².